The Balaban J connectivity index is 1.14. The van der Waals surface area contributed by atoms with Gasteiger partial charge in [0.1, 0.15) is 6.10 Å². The SMILES string of the molecule is CCO[C@@H]([C@H]1C[C@@H](C)[C@H]2[C@H](O1)[C@H](O)[C@@]1(C)[C@@H]3CC[C@H]4C(C)(C)[C@@H](OCCN5CCC5)CCC45C[C@@]35CC[C@]21C)C(C)(C)O. The molecule has 7 rings (SSSR count). The Morgan fingerprint density at radius 3 is 2.35 bits per heavy atom. The lowest BCUT2D eigenvalue weighted by atomic mass is 9.41. The van der Waals surface area contributed by atoms with Crippen molar-refractivity contribution in [3.05, 3.63) is 0 Å². The molecule has 43 heavy (non-hydrogen) atoms. The maximum Gasteiger partial charge on any atom is 0.112 e. The Kier molecular flexibility index (Phi) is 7.39. The van der Waals surface area contributed by atoms with Crippen LogP contribution in [0, 0.1) is 50.7 Å². The summed E-state index contributed by atoms with van der Waals surface area (Å²) in [4.78, 5) is 2.52. The molecular weight excluding hydrogens is 538 g/mol. The Morgan fingerprint density at radius 2 is 1.70 bits per heavy atom. The minimum absolute atomic E-state index is 0.0521. The first-order valence-corrected chi connectivity index (χ1v) is 18.2. The van der Waals surface area contributed by atoms with Crippen molar-refractivity contribution in [2.24, 2.45) is 50.7 Å². The van der Waals surface area contributed by atoms with Crippen LogP contribution in [0.25, 0.3) is 0 Å². The van der Waals surface area contributed by atoms with Crippen molar-refractivity contribution in [1.29, 1.82) is 0 Å². The number of likely N-dealkylation sites (tertiary alicyclic amines) is 1. The van der Waals surface area contributed by atoms with Crippen molar-refractivity contribution >= 4 is 0 Å². The summed E-state index contributed by atoms with van der Waals surface area (Å²) in [5.74, 6) is 2.01. The lowest BCUT2D eigenvalue weighted by Gasteiger charge is -2.63. The molecule has 1 unspecified atom stereocenters. The number of hydrogen-bond acceptors (Lipinski definition) is 6. The average molecular weight is 602 g/mol. The summed E-state index contributed by atoms with van der Waals surface area (Å²) in [5.41, 5.74) is -0.127. The zero-order valence-corrected chi connectivity index (χ0v) is 28.7. The molecule has 0 bridgehead atoms. The van der Waals surface area contributed by atoms with E-state index in [1.807, 2.05) is 20.8 Å². The molecule has 0 aromatic heterocycles. The van der Waals surface area contributed by atoms with E-state index in [4.69, 9.17) is 14.2 Å². The minimum atomic E-state index is -0.996. The Bertz CT molecular complexity index is 1070. The molecular formula is C37H63NO5. The third-order valence-corrected chi connectivity index (χ3v) is 15.8. The predicted octanol–water partition coefficient (Wildman–Crippen LogP) is 6.07. The summed E-state index contributed by atoms with van der Waals surface area (Å²) in [7, 11) is 0. The van der Waals surface area contributed by atoms with Crippen LogP contribution in [0.5, 0.6) is 0 Å². The highest BCUT2D eigenvalue weighted by Crippen LogP contribution is 2.89. The number of fused-ring (bicyclic) bond motifs is 4. The van der Waals surface area contributed by atoms with E-state index in [1.54, 1.807) is 0 Å². The van der Waals surface area contributed by atoms with Crippen LogP contribution in [-0.4, -0.2) is 84.1 Å². The molecule has 5 saturated carbocycles. The fourth-order valence-corrected chi connectivity index (χ4v) is 13.7. The minimum Gasteiger partial charge on any atom is -0.390 e. The highest BCUT2D eigenvalue weighted by Gasteiger charge is 2.84. The summed E-state index contributed by atoms with van der Waals surface area (Å²) in [6.07, 6.45) is 10.2. The maximum atomic E-state index is 12.5. The van der Waals surface area contributed by atoms with Gasteiger partial charge in [0.05, 0.1) is 36.6 Å². The van der Waals surface area contributed by atoms with Crippen LogP contribution >= 0.6 is 0 Å². The van der Waals surface area contributed by atoms with E-state index >= 15 is 0 Å². The van der Waals surface area contributed by atoms with E-state index in [2.05, 4.69) is 39.5 Å². The molecule has 2 aliphatic heterocycles. The summed E-state index contributed by atoms with van der Waals surface area (Å²) >= 11 is 0. The van der Waals surface area contributed by atoms with Crippen LogP contribution in [0.3, 0.4) is 0 Å². The first-order valence-electron chi connectivity index (χ1n) is 18.2. The molecule has 2 spiro atoms. The number of aliphatic hydroxyl groups excluding tert-OH is 1. The molecule has 0 aromatic carbocycles. The second-order valence-electron chi connectivity index (χ2n) is 18.1. The molecule has 6 heteroatoms. The Labute approximate surface area is 262 Å². The Hall–Kier alpha value is -0.240. The third kappa shape index (κ3) is 4.11. The van der Waals surface area contributed by atoms with Gasteiger partial charge in [0.2, 0.25) is 0 Å². The van der Waals surface area contributed by atoms with E-state index in [0.29, 0.717) is 47.2 Å². The van der Waals surface area contributed by atoms with Gasteiger partial charge in [0, 0.05) is 18.6 Å². The van der Waals surface area contributed by atoms with Crippen molar-refractivity contribution in [2.45, 2.75) is 149 Å². The van der Waals surface area contributed by atoms with Crippen molar-refractivity contribution in [3.63, 3.8) is 0 Å². The van der Waals surface area contributed by atoms with Crippen molar-refractivity contribution in [2.75, 3.05) is 32.8 Å². The van der Waals surface area contributed by atoms with E-state index in [-0.39, 0.29) is 28.5 Å². The molecule has 13 atom stereocenters. The zero-order valence-electron chi connectivity index (χ0n) is 28.7. The number of aliphatic hydroxyl groups is 2. The monoisotopic (exact) mass is 601 g/mol. The van der Waals surface area contributed by atoms with Gasteiger partial charge in [-0.05, 0) is 137 Å². The first-order chi connectivity index (χ1) is 20.2. The summed E-state index contributed by atoms with van der Waals surface area (Å²) < 4.78 is 19.8. The fourth-order valence-electron chi connectivity index (χ4n) is 13.7. The lowest BCUT2D eigenvalue weighted by molar-refractivity contribution is -0.215. The van der Waals surface area contributed by atoms with E-state index in [9.17, 15) is 10.2 Å². The largest absolute Gasteiger partial charge is 0.390 e. The van der Waals surface area contributed by atoms with E-state index < -0.39 is 17.8 Å². The molecule has 2 N–H and O–H groups in total. The standard InChI is InChI=1S/C37H63NO5/c1-9-41-31(33(5,6)40)24-21-23(2)28-29(43-24)30(39)35(8)26-12-11-25-32(3,4)27(42-20-19-38-17-10-18-38)13-14-36(25)22-37(26,36)16-15-34(28,35)7/h23-31,39-40H,9-22H2,1-8H3/t23-,24-,25+,26+,27+,28+,29+,30+,31+,34-,35-,36?,37+/m1/s1. The normalized spacial score (nSPS) is 52.6. The topological polar surface area (TPSA) is 71.4 Å². The molecule has 0 aromatic rings. The van der Waals surface area contributed by atoms with Gasteiger partial charge in [-0.2, -0.15) is 0 Å². The van der Waals surface area contributed by atoms with Gasteiger partial charge < -0.3 is 29.3 Å². The van der Waals surface area contributed by atoms with Crippen molar-refractivity contribution in [1.82, 2.24) is 4.90 Å². The number of nitrogens with zero attached hydrogens (tertiary/aromatic N) is 1. The third-order valence-electron chi connectivity index (χ3n) is 15.8. The van der Waals surface area contributed by atoms with E-state index in [0.717, 1.165) is 19.6 Å². The van der Waals surface area contributed by atoms with Crippen LogP contribution in [0.2, 0.25) is 0 Å². The molecule has 0 amide bonds. The van der Waals surface area contributed by atoms with E-state index in [1.165, 1.54) is 64.5 Å². The van der Waals surface area contributed by atoms with Crippen LogP contribution < -0.4 is 0 Å². The Morgan fingerprint density at radius 1 is 1.00 bits per heavy atom. The number of hydrogen-bond donors (Lipinski definition) is 2. The molecule has 2 heterocycles. The van der Waals surface area contributed by atoms with Gasteiger partial charge in [-0.1, -0.05) is 34.6 Å². The molecule has 7 aliphatic rings. The smallest absolute Gasteiger partial charge is 0.112 e. The van der Waals surface area contributed by atoms with Gasteiger partial charge in [0.15, 0.2) is 0 Å². The van der Waals surface area contributed by atoms with Gasteiger partial charge in [0.25, 0.3) is 0 Å². The van der Waals surface area contributed by atoms with Gasteiger partial charge >= 0.3 is 0 Å². The average Bonchev–Trinajstić information content (AvgIpc) is 3.53. The highest BCUT2D eigenvalue weighted by molar-refractivity contribution is 5.33. The van der Waals surface area contributed by atoms with Crippen molar-refractivity contribution < 1.29 is 24.4 Å². The second-order valence-corrected chi connectivity index (χ2v) is 18.1. The molecule has 6 nitrogen and oxygen atoms in total. The van der Waals surface area contributed by atoms with Crippen LogP contribution in [0.4, 0.5) is 0 Å². The van der Waals surface area contributed by atoms with Crippen molar-refractivity contribution in [3.8, 4) is 0 Å². The highest BCUT2D eigenvalue weighted by atomic mass is 16.6. The van der Waals surface area contributed by atoms with Crippen LogP contribution in [-0.2, 0) is 14.2 Å². The number of ether oxygens (including phenoxy) is 3. The summed E-state index contributed by atoms with van der Waals surface area (Å²) in [6.45, 7) is 23.1. The van der Waals surface area contributed by atoms with Gasteiger partial charge in [-0.25, -0.2) is 0 Å². The molecule has 7 fully saturated rings. The summed E-state index contributed by atoms with van der Waals surface area (Å²) in [5, 5.41) is 23.6. The van der Waals surface area contributed by atoms with Gasteiger partial charge in [-0.15, -0.1) is 0 Å². The fraction of sp³-hybridized carbons (Fsp3) is 1.00. The van der Waals surface area contributed by atoms with Crippen LogP contribution in [0.1, 0.15) is 113 Å². The first kappa shape index (κ1) is 31.4. The molecule has 5 aliphatic carbocycles. The quantitative estimate of drug-likeness (QED) is 0.352. The predicted molar refractivity (Wildman–Crippen MR) is 169 cm³/mol. The van der Waals surface area contributed by atoms with Gasteiger partial charge in [-0.3, -0.25) is 0 Å². The lowest BCUT2D eigenvalue weighted by Crippen LogP contribution is -2.60. The molecule has 0 radical (unpaired) electrons. The maximum absolute atomic E-state index is 12.5. The second kappa shape index (κ2) is 10.1. The zero-order chi connectivity index (χ0) is 30.8. The summed E-state index contributed by atoms with van der Waals surface area (Å²) in [6, 6.07) is 0. The molecule has 2 saturated heterocycles. The molecule has 246 valence electrons. The van der Waals surface area contributed by atoms with Crippen LogP contribution in [0.15, 0.2) is 0 Å². The number of rotatable bonds is 8.